The molecule has 1 saturated carbocycles. The Labute approximate surface area is 130 Å². The van der Waals surface area contributed by atoms with E-state index in [4.69, 9.17) is 0 Å². The van der Waals surface area contributed by atoms with Crippen LogP contribution in [0, 0.1) is 11.8 Å². The zero-order valence-electron chi connectivity index (χ0n) is 14.2. The van der Waals surface area contributed by atoms with Crippen LogP contribution < -0.4 is 5.32 Å². The van der Waals surface area contributed by atoms with Gasteiger partial charge in [-0.2, -0.15) is 0 Å². The van der Waals surface area contributed by atoms with Gasteiger partial charge < -0.3 is 10.2 Å². The number of hydrogen-bond donors (Lipinski definition) is 1. The molecule has 1 fully saturated rings. The first-order valence-electron chi connectivity index (χ1n) is 8.55. The molecule has 0 bridgehead atoms. The quantitative estimate of drug-likeness (QED) is 0.785. The molecule has 0 spiro atoms. The molecule has 0 aliphatic heterocycles. The molecule has 1 aliphatic carbocycles. The zero-order valence-corrected chi connectivity index (χ0v) is 14.2. The van der Waals surface area contributed by atoms with E-state index in [2.05, 4.69) is 62.4 Å². The maximum atomic E-state index is 3.78. The molecule has 2 rings (SSSR count). The fourth-order valence-electron chi connectivity index (χ4n) is 3.50. The van der Waals surface area contributed by atoms with Crippen LogP contribution in [0.4, 0.5) is 5.69 Å². The lowest BCUT2D eigenvalue weighted by Crippen LogP contribution is -2.19. The van der Waals surface area contributed by atoms with E-state index in [1.54, 1.807) is 0 Å². The van der Waals surface area contributed by atoms with Crippen molar-refractivity contribution in [2.24, 2.45) is 11.8 Å². The number of rotatable bonds is 5. The standard InChI is InChI=1S/C19H32N2/c1-15(2)17-8-6-9-18(12-11-17)20-19-10-5-7-16(13-19)14-21(3)4/h5,7,10,13,15,17-18,20H,6,8-9,11-12,14H2,1-4H3. The lowest BCUT2D eigenvalue weighted by atomic mass is 9.89. The molecule has 1 aliphatic rings. The molecule has 118 valence electrons. The van der Waals surface area contributed by atoms with Crippen LogP contribution in [-0.4, -0.2) is 25.0 Å². The van der Waals surface area contributed by atoms with Gasteiger partial charge in [0.1, 0.15) is 0 Å². The second-order valence-corrected chi connectivity index (χ2v) is 7.29. The smallest absolute Gasteiger partial charge is 0.0345 e. The van der Waals surface area contributed by atoms with E-state index in [1.165, 1.54) is 43.4 Å². The van der Waals surface area contributed by atoms with Gasteiger partial charge in [-0.3, -0.25) is 0 Å². The summed E-state index contributed by atoms with van der Waals surface area (Å²) in [5.41, 5.74) is 2.68. The molecular weight excluding hydrogens is 256 g/mol. The first-order chi connectivity index (χ1) is 10.0. The van der Waals surface area contributed by atoms with E-state index in [0.29, 0.717) is 6.04 Å². The van der Waals surface area contributed by atoms with Crippen molar-refractivity contribution in [3.8, 4) is 0 Å². The minimum Gasteiger partial charge on any atom is -0.382 e. The maximum Gasteiger partial charge on any atom is 0.0345 e. The van der Waals surface area contributed by atoms with Crippen molar-refractivity contribution in [3.05, 3.63) is 29.8 Å². The molecule has 1 aromatic carbocycles. The van der Waals surface area contributed by atoms with Gasteiger partial charge in [-0.05, 0) is 62.9 Å². The minimum absolute atomic E-state index is 0.656. The van der Waals surface area contributed by atoms with E-state index in [9.17, 15) is 0 Å². The van der Waals surface area contributed by atoms with Crippen molar-refractivity contribution in [2.75, 3.05) is 19.4 Å². The third-order valence-electron chi connectivity index (χ3n) is 4.75. The van der Waals surface area contributed by atoms with Gasteiger partial charge in [0, 0.05) is 18.3 Å². The van der Waals surface area contributed by atoms with Crippen molar-refractivity contribution in [3.63, 3.8) is 0 Å². The van der Waals surface area contributed by atoms with E-state index < -0.39 is 0 Å². The third kappa shape index (κ3) is 5.35. The van der Waals surface area contributed by atoms with Crippen LogP contribution in [0.2, 0.25) is 0 Å². The second-order valence-electron chi connectivity index (χ2n) is 7.29. The van der Waals surface area contributed by atoms with Gasteiger partial charge in [0.25, 0.3) is 0 Å². The van der Waals surface area contributed by atoms with Gasteiger partial charge in [0.05, 0.1) is 0 Å². The van der Waals surface area contributed by atoms with Crippen molar-refractivity contribution < 1.29 is 0 Å². The van der Waals surface area contributed by atoms with Crippen LogP contribution in [0.25, 0.3) is 0 Å². The maximum absolute atomic E-state index is 3.78. The highest BCUT2D eigenvalue weighted by molar-refractivity contribution is 5.46. The summed E-state index contributed by atoms with van der Waals surface area (Å²) in [5, 5.41) is 3.78. The van der Waals surface area contributed by atoms with Gasteiger partial charge in [-0.15, -0.1) is 0 Å². The number of benzene rings is 1. The molecule has 1 N–H and O–H groups in total. The Kier molecular flexibility index (Phi) is 6.10. The summed E-state index contributed by atoms with van der Waals surface area (Å²) in [6, 6.07) is 9.57. The van der Waals surface area contributed by atoms with Gasteiger partial charge in [-0.1, -0.05) is 38.8 Å². The molecule has 0 heterocycles. The van der Waals surface area contributed by atoms with Gasteiger partial charge in [0.2, 0.25) is 0 Å². The normalized spacial score (nSPS) is 23.3. The van der Waals surface area contributed by atoms with Crippen LogP contribution in [0.1, 0.15) is 51.5 Å². The Morgan fingerprint density at radius 2 is 1.95 bits per heavy atom. The summed E-state index contributed by atoms with van der Waals surface area (Å²) >= 11 is 0. The number of nitrogens with zero attached hydrogens (tertiary/aromatic N) is 1. The van der Waals surface area contributed by atoms with Crippen LogP contribution in [0.3, 0.4) is 0 Å². The van der Waals surface area contributed by atoms with Crippen molar-refractivity contribution in [1.82, 2.24) is 4.90 Å². The largest absolute Gasteiger partial charge is 0.382 e. The zero-order chi connectivity index (χ0) is 15.2. The van der Waals surface area contributed by atoms with Crippen LogP contribution in [-0.2, 0) is 6.54 Å². The number of anilines is 1. The molecule has 2 atom stereocenters. The van der Waals surface area contributed by atoms with E-state index >= 15 is 0 Å². The van der Waals surface area contributed by atoms with Crippen molar-refractivity contribution in [1.29, 1.82) is 0 Å². The second kappa shape index (κ2) is 7.84. The molecule has 2 unspecified atom stereocenters. The summed E-state index contributed by atoms with van der Waals surface area (Å²) in [6.07, 6.45) is 6.81. The molecule has 2 heteroatoms. The first-order valence-corrected chi connectivity index (χ1v) is 8.55. The molecule has 21 heavy (non-hydrogen) atoms. The molecule has 2 nitrogen and oxygen atoms in total. The van der Waals surface area contributed by atoms with E-state index in [-0.39, 0.29) is 0 Å². The monoisotopic (exact) mass is 288 g/mol. The van der Waals surface area contributed by atoms with E-state index in [0.717, 1.165) is 18.4 Å². The van der Waals surface area contributed by atoms with Gasteiger partial charge >= 0.3 is 0 Å². The summed E-state index contributed by atoms with van der Waals surface area (Å²) < 4.78 is 0. The highest BCUT2D eigenvalue weighted by Crippen LogP contribution is 2.30. The minimum atomic E-state index is 0.656. The average Bonchev–Trinajstić information content (AvgIpc) is 2.64. The Morgan fingerprint density at radius 1 is 1.14 bits per heavy atom. The summed E-state index contributed by atoms with van der Waals surface area (Å²) in [5.74, 6) is 1.77. The molecule has 0 radical (unpaired) electrons. The predicted molar refractivity (Wildman–Crippen MR) is 92.7 cm³/mol. The number of nitrogens with one attached hydrogen (secondary N) is 1. The van der Waals surface area contributed by atoms with Crippen LogP contribution in [0.15, 0.2) is 24.3 Å². The average molecular weight is 288 g/mol. The molecule has 0 saturated heterocycles. The lowest BCUT2D eigenvalue weighted by Gasteiger charge is -2.20. The SMILES string of the molecule is CC(C)C1CCCC(Nc2cccc(CN(C)C)c2)CC1. The van der Waals surface area contributed by atoms with Gasteiger partial charge in [-0.25, -0.2) is 0 Å². The lowest BCUT2D eigenvalue weighted by molar-refractivity contribution is 0.341. The van der Waals surface area contributed by atoms with Crippen molar-refractivity contribution in [2.45, 2.75) is 58.5 Å². The summed E-state index contributed by atoms with van der Waals surface area (Å²) in [6.45, 7) is 5.77. The molecular formula is C19H32N2. The Bertz CT molecular complexity index is 425. The first kappa shape index (κ1) is 16.4. The Balaban J connectivity index is 1.92. The number of hydrogen-bond acceptors (Lipinski definition) is 2. The Hall–Kier alpha value is -1.02. The molecule has 0 aromatic heterocycles. The van der Waals surface area contributed by atoms with E-state index in [1.807, 2.05) is 0 Å². The molecule has 1 aromatic rings. The Morgan fingerprint density at radius 3 is 2.67 bits per heavy atom. The highest BCUT2D eigenvalue weighted by atomic mass is 15.0. The molecule has 0 amide bonds. The van der Waals surface area contributed by atoms with Crippen molar-refractivity contribution >= 4 is 5.69 Å². The fourth-order valence-corrected chi connectivity index (χ4v) is 3.50. The van der Waals surface area contributed by atoms with Crippen LogP contribution >= 0.6 is 0 Å². The van der Waals surface area contributed by atoms with Gasteiger partial charge in [0.15, 0.2) is 0 Å². The summed E-state index contributed by atoms with van der Waals surface area (Å²) in [4.78, 5) is 2.22. The predicted octanol–water partition coefficient (Wildman–Crippen LogP) is 4.77. The summed E-state index contributed by atoms with van der Waals surface area (Å²) in [7, 11) is 4.24. The highest BCUT2D eigenvalue weighted by Gasteiger charge is 2.20. The van der Waals surface area contributed by atoms with Crippen LogP contribution in [0.5, 0.6) is 0 Å². The third-order valence-corrected chi connectivity index (χ3v) is 4.75. The topological polar surface area (TPSA) is 15.3 Å². The fraction of sp³-hybridized carbons (Fsp3) is 0.684.